The van der Waals surface area contributed by atoms with E-state index >= 15 is 0 Å². The van der Waals surface area contributed by atoms with Crippen LogP contribution in [0.5, 0.6) is 0 Å². The first-order valence-electron chi connectivity index (χ1n) is 5.38. The monoisotopic (exact) mass is 267 g/mol. The molecule has 17 heavy (non-hydrogen) atoms. The highest BCUT2D eigenvalue weighted by Crippen LogP contribution is 2.35. The maximum Gasteiger partial charge on any atom is 0.225 e. The molecule has 0 aromatic carbocycles. The van der Waals surface area contributed by atoms with Crippen LogP contribution < -0.4 is 4.90 Å². The first-order chi connectivity index (χ1) is 8.22. The zero-order chi connectivity index (χ0) is 12.3. The number of rotatable bonds is 4. The lowest BCUT2D eigenvalue weighted by atomic mass is 10.5. The van der Waals surface area contributed by atoms with Gasteiger partial charge in [-0.1, -0.05) is 29.0 Å². The van der Waals surface area contributed by atoms with E-state index in [2.05, 4.69) is 22.0 Å². The molecule has 1 aliphatic rings. The Morgan fingerprint density at radius 2 is 2.35 bits per heavy atom. The predicted molar refractivity (Wildman–Crippen MR) is 70.3 cm³/mol. The van der Waals surface area contributed by atoms with Crippen LogP contribution in [0.15, 0.2) is 4.34 Å². The van der Waals surface area contributed by atoms with Crippen LogP contribution >= 0.6 is 23.1 Å². The fraction of sp³-hybridized carbons (Fsp3) is 0.545. The molecule has 1 fully saturated rings. The van der Waals surface area contributed by atoms with Gasteiger partial charge in [0, 0.05) is 13.0 Å². The highest BCUT2D eigenvalue weighted by molar-refractivity contribution is 8.01. The van der Waals surface area contributed by atoms with Crippen molar-refractivity contribution in [1.29, 1.82) is 0 Å². The molecule has 0 N–H and O–H groups in total. The maximum absolute atomic E-state index is 11.5. The van der Waals surface area contributed by atoms with Gasteiger partial charge in [0.25, 0.3) is 0 Å². The first-order valence-corrected chi connectivity index (χ1v) is 7.18. The van der Waals surface area contributed by atoms with Crippen LogP contribution in [0, 0.1) is 11.8 Å². The molecule has 0 unspecified atom stereocenters. The standard InChI is InChI=1S/C11H13N3OS2/c1-3-4-7-16-11-13-12-10(17-11)14(8(2)15)9-5-6-9/h9H,5-7H2,1-2H3. The van der Waals surface area contributed by atoms with Crippen molar-refractivity contribution in [2.45, 2.75) is 37.1 Å². The van der Waals surface area contributed by atoms with Crippen LogP contribution in [0.4, 0.5) is 5.13 Å². The molecule has 0 spiro atoms. The van der Waals surface area contributed by atoms with Gasteiger partial charge in [0.2, 0.25) is 11.0 Å². The molecular formula is C11H13N3OS2. The molecule has 4 nitrogen and oxygen atoms in total. The Balaban J connectivity index is 2.04. The number of carbonyl (C=O) groups excluding carboxylic acids is 1. The number of hydrogen-bond acceptors (Lipinski definition) is 5. The summed E-state index contributed by atoms with van der Waals surface area (Å²) in [6.07, 6.45) is 2.14. The van der Waals surface area contributed by atoms with Gasteiger partial charge in [-0.15, -0.1) is 16.1 Å². The molecule has 0 aliphatic heterocycles. The van der Waals surface area contributed by atoms with E-state index in [1.807, 2.05) is 6.92 Å². The molecule has 1 aromatic rings. The number of hydrogen-bond donors (Lipinski definition) is 0. The summed E-state index contributed by atoms with van der Waals surface area (Å²) >= 11 is 3.03. The SMILES string of the molecule is CC#CCSc1nnc(N(C(C)=O)C2CC2)s1. The number of aromatic nitrogens is 2. The largest absolute Gasteiger partial charge is 0.284 e. The van der Waals surface area contributed by atoms with Gasteiger partial charge >= 0.3 is 0 Å². The summed E-state index contributed by atoms with van der Waals surface area (Å²) in [5.41, 5.74) is 0. The summed E-state index contributed by atoms with van der Waals surface area (Å²) in [5.74, 6) is 6.57. The zero-order valence-corrected chi connectivity index (χ0v) is 11.4. The molecule has 0 bridgehead atoms. The molecule has 1 aromatic heterocycles. The van der Waals surface area contributed by atoms with E-state index in [1.165, 1.54) is 11.3 Å². The summed E-state index contributed by atoms with van der Waals surface area (Å²) in [7, 11) is 0. The van der Waals surface area contributed by atoms with E-state index in [-0.39, 0.29) is 5.91 Å². The van der Waals surface area contributed by atoms with Crippen molar-refractivity contribution in [2.75, 3.05) is 10.7 Å². The van der Waals surface area contributed by atoms with Gasteiger partial charge in [0.05, 0.1) is 5.75 Å². The predicted octanol–water partition coefficient (Wildman–Crippen LogP) is 2.17. The van der Waals surface area contributed by atoms with Crippen molar-refractivity contribution in [2.24, 2.45) is 0 Å². The van der Waals surface area contributed by atoms with E-state index in [4.69, 9.17) is 0 Å². The number of nitrogens with zero attached hydrogens (tertiary/aromatic N) is 3. The van der Waals surface area contributed by atoms with Crippen molar-refractivity contribution in [1.82, 2.24) is 10.2 Å². The quantitative estimate of drug-likeness (QED) is 0.476. The Kier molecular flexibility index (Phi) is 4.02. The fourth-order valence-corrected chi connectivity index (χ4v) is 3.18. The Hall–Kier alpha value is -1.06. The highest BCUT2D eigenvalue weighted by Gasteiger charge is 2.34. The maximum atomic E-state index is 11.5. The lowest BCUT2D eigenvalue weighted by Gasteiger charge is -2.15. The Labute approximate surface area is 109 Å². The van der Waals surface area contributed by atoms with Crippen molar-refractivity contribution < 1.29 is 4.79 Å². The molecule has 1 saturated carbocycles. The molecule has 2 rings (SSSR count). The number of thioether (sulfide) groups is 1. The third-order valence-electron chi connectivity index (χ3n) is 2.30. The molecule has 0 saturated heterocycles. The molecule has 6 heteroatoms. The van der Waals surface area contributed by atoms with Crippen molar-refractivity contribution >= 4 is 34.1 Å². The van der Waals surface area contributed by atoms with Crippen LogP contribution in [-0.2, 0) is 4.79 Å². The number of amides is 1. The summed E-state index contributed by atoms with van der Waals surface area (Å²) in [5, 5.41) is 8.87. The smallest absolute Gasteiger partial charge is 0.225 e. The average molecular weight is 267 g/mol. The van der Waals surface area contributed by atoms with Gasteiger partial charge in [-0.3, -0.25) is 9.69 Å². The zero-order valence-electron chi connectivity index (χ0n) is 9.77. The second-order valence-corrected chi connectivity index (χ2v) is 5.86. The lowest BCUT2D eigenvalue weighted by molar-refractivity contribution is -0.116. The Morgan fingerprint density at radius 1 is 1.59 bits per heavy atom. The molecule has 1 heterocycles. The Morgan fingerprint density at radius 3 is 2.94 bits per heavy atom. The van der Waals surface area contributed by atoms with Gasteiger partial charge in [0.15, 0.2) is 4.34 Å². The fourth-order valence-electron chi connectivity index (χ4n) is 1.41. The summed E-state index contributed by atoms with van der Waals surface area (Å²) < 4.78 is 0.870. The lowest BCUT2D eigenvalue weighted by Crippen LogP contribution is -2.30. The summed E-state index contributed by atoms with van der Waals surface area (Å²) in [4.78, 5) is 13.3. The Bertz CT molecular complexity index is 471. The minimum absolute atomic E-state index is 0.0496. The average Bonchev–Trinajstić information content (AvgIpc) is 2.99. The van der Waals surface area contributed by atoms with Crippen LogP contribution in [0.3, 0.4) is 0 Å². The minimum atomic E-state index is 0.0496. The van der Waals surface area contributed by atoms with E-state index in [0.717, 1.165) is 17.2 Å². The highest BCUT2D eigenvalue weighted by atomic mass is 32.2. The van der Waals surface area contributed by atoms with E-state index in [1.54, 1.807) is 23.6 Å². The normalized spacial score (nSPS) is 14.0. The molecule has 0 radical (unpaired) electrons. The number of carbonyl (C=O) groups is 1. The van der Waals surface area contributed by atoms with Crippen molar-refractivity contribution in [3.63, 3.8) is 0 Å². The van der Waals surface area contributed by atoms with Crippen LogP contribution in [0.1, 0.15) is 26.7 Å². The van der Waals surface area contributed by atoms with E-state index in [0.29, 0.717) is 16.9 Å². The minimum Gasteiger partial charge on any atom is -0.284 e. The summed E-state index contributed by atoms with van der Waals surface area (Å²) in [6, 6.07) is 0.341. The molecule has 1 aliphatic carbocycles. The second-order valence-electron chi connectivity index (χ2n) is 3.69. The van der Waals surface area contributed by atoms with Gasteiger partial charge < -0.3 is 0 Å². The van der Waals surface area contributed by atoms with Crippen LogP contribution in [0.2, 0.25) is 0 Å². The van der Waals surface area contributed by atoms with Gasteiger partial charge in [-0.05, 0) is 19.8 Å². The number of anilines is 1. The summed E-state index contributed by atoms with van der Waals surface area (Å²) in [6.45, 7) is 3.39. The third kappa shape index (κ3) is 3.20. The second kappa shape index (κ2) is 5.52. The van der Waals surface area contributed by atoms with Gasteiger partial charge in [0.1, 0.15) is 0 Å². The van der Waals surface area contributed by atoms with E-state index < -0.39 is 0 Å². The van der Waals surface area contributed by atoms with Gasteiger partial charge in [-0.2, -0.15) is 0 Å². The topological polar surface area (TPSA) is 46.1 Å². The van der Waals surface area contributed by atoms with Gasteiger partial charge in [-0.25, -0.2) is 0 Å². The molecular weight excluding hydrogens is 254 g/mol. The third-order valence-corrected chi connectivity index (χ3v) is 4.24. The molecule has 90 valence electrons. The van der Waals surface area contributed by atoms with E-state index in [9.17, 15) is 4.79 Å². The van der Waals surface area contributed by atoms with Crippen LogP contribution in [-0.4, -0.2) is 27.9 Å². The van der Waals surface area contributed by atoms with Crippen LogP contribution in [0.25, 0.3) is 0 Å². The molecule has 0 atom stereocenters. The van der Waals surface area contributed by atoms with Crippen molar-refractivity contribution in [3.8, 4) is 11.8 Å². The van der Waals surface area contributed by atoms with Crippen molar-refractivity contribution in [3.05, 3.63) is 0 Å². The first kappa shape index (κ1) is 12.4. The molecule has 1 amide bonds.